The summed E-state index contributed by atoms with van der Waals surface area (Å²) >= 11 is 7.68. The number of ether oxygens (including phenoxy) is 2. The number of hydrogen-bond donors (Lipinski definition) is 1. The lowest BCUT2D eigenvalue weighted by atomic mass is 10.1. The lowest BCUT2D eigenvalue weighted by molar-refractivity contribution is -0.129. The van der Waals surface area contributed by atoms with Crippen LogP contribution in [0.15, 0.2) is 47.6 Å². The highest BCUT2D eigenvalue weighted by Crippen LogP contribution is 2.40. The van der Waals surface area contributed by atoms with Gasteiger partial charge in [0, 0.05) is 13.8 Å². The van der Waals surface area contributed by atoms with Gasteiger partial charge in [0.1, 0.15) is 30.1 Å². The molecule has 0 bridgehead atoms. The topological polar surface area (TPSA) is 80.2 Å². The standard InChI is InChI=1S/C22H24ClN3O4S/c1-4-16-7-5-6-8-19(16)29-11-12-30-20-10-9-17(13-18(20)23)21-26(15(3)28)25-22(31-21)24-14(2)27/h5-10,13,21H,4,11-12H2,1-3H3,(H,24,25,27)/t21-/m1/s1. The average molecular weight is 462 g/mol. The fourth-order valence-corrected chi connectivity index (χ4v) is 4.38. The molecule has 0 saturated heterocycles. The Bertz CT molecular complexity index is 998. The number of hydrogen-bond acceptors (Lipinski definition) is 6. The molecule has 0 spiro atoms. The van der Waals surface area contributed by atoms with E-state index in [1.807, 2.05) is 30.3 Å². The summed E-state index contributed by atoms with van der Waals surface area (Å²) in [5, 5.41) is 8.49. The van der Waals surface area contributed by atoms with E-state index in [4.69, 9.17) is 21.1 Å². The van der Waals surface area contributed by atoms with E-state index in [1.165, 1.54) is 30.6 Å². The summed E-state index contributed by atoms with van der Waals surface area (Å²) in [5.74, 6) is 0.894. The molecule has 1 atom stereocenters. The van der Waals surface area contributed by atoms with Gasteiger partial charge in [0.2, 0.25) is 11.8 Å². The molecule has 0 fully saturated rings. The van der Waals surface area contributed by atoms with Crippen molar-refractivity contribution in [2.75, 3.05) is 13.2 Å². The van der Waals surface area contributed by atoms with Crippen LogP contribution in [0.2, 0.25) is 5.02 Å². The summed E-state index contributed by atoms with van der Waals surface area (Å²) in [6, 6.07) is 13.2. The van der Waals surface area contributed by atoms with Crippen LogP contribution in [0, 0.1) is 0 Å². The van der Waals surface area contributed by atoms with Crippen molar-refractivity contribution in [1.29, 1.82) is 0 Å². The Morgan fingerprint density at radius 3 is 2.48 bits per heavy atom. The summed E-state index contributed by atoms with van der Waals surface area (Å²) in [5.41, 5.74) is 1.92. The number of benzene rings is 2. The number of amidine groups is 1. The van der Waals surface area contributed by atoms with Crippen LogP contribution in [0.4, 0.5) is 0 Å². The lowest BCUT2D eigenvalue weighted by Crippen LogP contribution is -2.25. The van der Waals surface area contributed by atoms with Crippen LogP contribution in [0.5, 0.6) is 11.5 Å². The van der Waals surface area contributed by atoms with E-state index in [0.717, 1.165) is 23.3 Å². The molecule has 1 heterocycles. The highest BCUT2D eigenvalue weighted by atomic mass is 35.5. The maximum absolute atomic E-state index is 12.0. The maximum Gasteiger partial charge on any atom is 0.241 e. The van der Waals surface area contributed by atoms with Crippen LogP contribution in [0.25, 0.3) is 0 Å². The van der Waals surface area contributed by atoms with Crippen LogP contribution in [-0.4, -0.2) is 35.2 Å². The van der Waals surface area contributed by atoms with Gasteiger partial charge in [-0.25, -0.2) is 5.01 Å². The fraction of sp³-hybridized carbons (Fsp3) is 0.318. The molecule has 164 valence electrons. The van der Waals surface area contributed by atoms with E-state index < -0.39 is 5.37 Å². The van der Waals surface area contributed by atoms with Crippen LogP contribution < -0.4 is 14.8 Å². The van der Waals surface area contributed by atoms with Gasteiger partial charge < -0.3 is 14.8 Å². The monoisotopic (exact) mass is 461 g/mol. The number of carbonyl (C=O) groups excluding carboxylic acids is 2. The van der Waals surface area contributed by atoms with Gasteiger partial charge in [-0.3, -0.25) is 9.59 Å². The highest BCUT2D eigenvalue weighted by Gasteiger charge is 2.32. The molecular weight excluding hydrogens is 438 g/mol. The fourth-order valence-electron chi connectivity index (χ4n) is 3.01. The van der Waals surface area contributed by atoms with Gasteiger partial charge in [-0.15, -0.1) is 5.10 Å². The van der Waals surface area contributed by atoms with E-state index in [0.29, 0.717) is 29.2 Å². The smallest absolute Gasteiger partial charge is 0.241 e. The third-order valence-electron chi connectivity index (χ3n) is 4.44. The van der Waals surface area contributed by atoms with Crippen LogP contribution >= 0.6 is 23.4 Å². The Labute approximate surface area is 190 Å². The molecule has 0 unspecified atom stereocenters. The van der Waals surface area contributed by atoms with Crippen molar-refractivity contribution in [2.24, 2.45) is 5.10 Å². The molecule has 2 aromatic carbocycles. The first-order chi connectivity index (χ1) is 14.9. The normalized spacial score (nSPS) is 15.4. The number of carbonyl (C=O) groups is 2. The number of nitrogens with zero attached hydrogens (tertiary/aromatic N) is 2. The molecule has 0 radical (unpaired) electrons. The SMILES string of the molecule is CCc1ccccc1OCCOc1ccc([C@H]2SC(NC(C)=O)=NN2C(C)=O)cc1Cl. The minimum absolute atomic E-state index is 0.237. The molecular formula is C22H24ClN3O4S. The van der Waals surface area contributed by atoms with Gasteiger partial charge in [0.15, 0.2) is 5.17 Å². The highest BCUT2D eigenvalue weighted by molar-refractivity contribution is 8.14. The molecule has 1 aliphatic rings. The largest absolute Gasteiger partial charge is 0.490 e. The molecule has 1 aliphatic heterocycles. The first-order valence-corrected chi connectivity index (χ1v) is 11.1. The zero-order valence-corrected chi connectivity index (χ0v) is 19.1. The van der Waals surface area contributed by atoms with Gasteiger partial charge in [0.05, 0.1) is 5.02 Å². The predicted molar refractivity (Wildman–Crippen MR) is 122 cm³/mol. The molecule has 0 aliphatic carbocycles. The molecule has 9 heteroatoms. The van der Waals surface area contributed by atoms with E-state index in [9.17, 15) is 9.59 Å². The number of nitrogens with one attached hydrogen (secondary N) is 1. The Morgan fingerprint density at radius 2 is 1.84 bits per heavy atom. The van der Waals surface area contributed by atoms with Crippen LogP contribution in [0.3, 0.4) is 0 Å². The first-order valence-electron chi connectivity index (χ1n) is 9.84. The number of rotatable bonds is 7. The number of halogens is 1. The molecule has 2 aromatic rings. The van der Waals surface area contributed by atoms with Crippen molar-refractivity contribution < 1.29 is 19.1 Å². The molecule has 31 heavy (non-hydrogen) atoms. The van der Waals surface area contributed by atoms with Crippen molar-refractivity contribution in [2.45, 2.75) is 32.6 Å². The number of thioether (sulfide) groups is 1. The minimum Gasteiger partial charge on any atom is -0.490 e. The molecule has 1 N–H and O–H groups in total. The van der Waals surface area contributed by atoms with Crippen molar-refractivity contribution in [3.8, 4) is 11.5 Å². The average Bonchev–Trinajstić information content (AvgIpc) is 3.15. The molecule has 0 aromatic heterocycles. The Hall–Kier alpha value is -2.71. The van der Waals surface area contributed by atoms with E-state index >= 15 is 0 Å². The molecule has 0 saturated carbocycles. The van der Waals surface area contributed by atoms with Crippen molar-refractivity contribution in [3.63, 3.8) is 0 Å². The van der Waals surface area contributed by atoms with Gasteiger partial charge >= 0.3 is 0 Å². The summed E-state index contributed by atoms with van der Waals surface area (Å²) in [6.07, 6.45) is 0.897. The predicted octanol–water partition coefficient (Wildman–Crippen LogP) is 4.36. The van der Waals surface area contributed by atoms with E-state index in [2.05, 4.69) is 17.3 Å². The van der Waals surface area contributed by atoms with Crippen LogP contribution in [-0.2, 0) is 16.0 Å². The van der Waals surface area contributed by atoms with E-state index in [1.54, 1.807) is 12.1 Å². The summed E-state index contributed by atoms with van der Waals surface area (Å²) < 4.78 is 11.6. The zero-order chi connectivity index (χ0) is 22.4. The van der Waals surface area contributed by atoms with Gasteiger partial charge in [-0.1, -0.05) is 54.6 Å². The van der Waals surface area contributed by atoms with Gasteiger partial charge in [-0.2, -0.15) is 0 Å². The van der Waals surface area contributed by atoms with Crippen LogP contribution in [0.1, 0.15) is 37.3 Å². The second kappa shape index (κ2) is 10.5. The minimum atomic E-state index is -0.417. The van der Waals surface area contributed by atoms with Gasteiger partial charge in [0.25, 0.3) is 0 Å². The quantitative estimate of drug-likeness (QED) is 0.619. The summed E-state index contributed by atoms with van der Waals surface area (Å²) in [6.45, 7) is 5.62. The second-order valence-corrected chi connectivity index (χ2v) is 8.24. The summed E-state index contributed by atoms with van der Waals surface area (Å²) in [7, 11) is 0. The zero-order valence-electron chi connectivity index (χ0n) is 17.6. The second-order valence-electron chi connectivity index (χ2n) is 6.77. The maximum atomic E-state index is 12.0. The molecule has 2 amide bonds. The van der Waals surface area contributed by atoms with E-state index in [-0.39, 0.29) is 11.8 Å². The summed E-state index contributed by atoms with van der Waals surface area (Å²) in [4.78, 5) is 23.3. The van der Waals surface area contributed by atoms with Gasteiger partial charge in [-0.05, 0) is 35.7 Å². The number of amides is 2. The lowest BCUT2D eigenvalue weighted by Gasteiger charge is -2.20. The number of para-hydroxylation sites is 1. The Kier molecular flexibility index (Phi) is 7.81. The Morgan fingerprint density at radius 1 is 1.13 bits per heavy atom. The molecule has 7 nitrogen and oxygen atoms in total. The number of hydrazone groups is 1. The number of aryl methyl sites for hydroxylation is 1. The third kappa shape index (κ3) is 5.92. The van der Waals surface area contributed by atoms with Crippen molar-refractivity contribution >= 4 is 40.3 Å². The first kappa shape index (κ1) is 23.0. The van der Waals surface area contributed by atoms with Crippen molar-refractivity contribution in [3.05, 3.63) is 58.6 Å². The van der Waals surface area contributed by atoms with Crippen molar-refractivity contribution in [1.82, 2.24) is 10.3 Å². The third-order valence-corrected chi connectivity index (χ3v) is 5.84. The Balaban J connectivity index is 1.61. The molecule has 3 rings (SSSR count).